The SMILES string of the molecule is [NH3+][C@H]1CCN(CC(c2ccc(OCc3ccccc3)cc2)C2(O)CCCCC2)C1. The predicted octanol–water partition coefficient (Wildman–Crippen LogP) is 3.36. The number of hydrogen-bond acceptors (Lipinski definition) is 3. The highest BCUT2D eigenvalue weighted by Gasteiger charge is 2.40. The third-order valence-electron chi connectivity index (χ3n) is 6.71. The van der Waals surface area contributed by atoms with E-state index in [-0.39, 0.29) is 5.92 Å². The molecule has 1 aliphatic heterocycles. The zero-order chi connectivity index (χ0) is 20.1. The molecule has 4 N–H and O–H groups in total. The zero-order valence-electron chi connectivity index (χ0n) is 17.4. The second-order valence-corrected chi connectivity index (χ2v) is 8.97. The van der Waals surface area contributed by atoms with Gasteiger partial charge in [0, 0.05) is 25.4 Å². The van der Waals surface area contributed by atoms with E-state index in [1.54, 1.807) is 0 Å². The maximum absolute atomic E-state index is 11.6. The third kappa shape index (κ3) is 5.19. The van der Waals surface area contributed by atoms with Crippen LogP contribution in [0.5, 0.6) is 5.75 Å². The van der Waals surface area contributed by atoms with Crippen molar-refractivity contribution in [2.24, 2.45) is 0 Å². The Balaban J connectivity index is 1.47. The first-order chi connectivity index (χ1) is 14.1. The molecule has 1 aliphatic carbocycles. The largest absolute Gasteiger partial charge is 0.489 e. The Morgan fingerprint density at radius 1 is 1.03 bits per heavy atom. The number of ether oxygens (including phenoxy) is 1. The fourth-order valence-electron chi connectivity index (χ4n) is 4.97. The Kier molecular flexibility index (Phi) is 6.53. The molecule has 4 heteroatoms. The average molecular weight is 396 g/mol. The fraction of sp³-hybridized carbons (Fsp3) is 0.520. The number of rotatable bonds is 7. The second kappa shape index (κ2) is 9.29. The lowest BCUT2D eigenvalue weighted by molar-refractivity contribution is -0.414. The minimum absolute atomic E-state index is 0.149. The van der Waals surface area contributed by atoms with Crippen LogP contribution in [0.4, 0.5) is 0 Å². The second-order valence-electron chi connectivity index (χ2n) is 8.97. The Hall–Kier alpha value is -1.88. The van der Waals surface area contributed by atoms with Gasteiger partial charge in [0.25, 0.3) is 0 Å². The number of likely N-dealkylation sites (tertiary alicyclic amines) is 1. The van der Waals surface area contributed by atoms with Crippen molar-refractivity contribution in [3.8, 4) is 5.75 Å². The molecule has 0 amide bonds. The van der Waals surface area contributed by atoms with Crippen molar-refractivity contribution in [2.75, 3.05) is 19.6 Å². The Morgan fingerprint density at radius 3 is 2.41 bits per heavy atom. The molecule has 4 nitrogen and oxygen atoms in total. The number of quaternary nitrogens is 1. The van der Waals surface area contributed by atoms with Crippen LogP contribution in [0.3, 0.4) is 0 Å². The summed E-state index contributed by atoms with van der Waals surface area (Å²) in [5, 5.41) is 11.6. The van der Waals surface area contributed by atoms with Gasteiger partial charge in [0.05, 0.1) is 18.2 Å². The van der Waals surface area contributed by atoms with Crippen LogP contribution in [-0.2, 0) is 6.61 Å². The summed E-state index contributed by atoms with van der Waals surface area (Å²) in [6, 6.07) is 19.2. The summed E-state index contributed by atoms with van der Waals surface area (Å²) in [5.74, 6) is 1.03. The highest BCUT2D eigenvalue weighted by Crippen LogP contribution is 2.41. The van der Waals surface area contributed by atoms with Crippen LogP contribution in [0.2, 0.25) is 0 Å². The minimum atomic E-state index is -0.593. The maximum Gasteiger partial charge on any atom is 0.119 e. The van der Waals surface area contributed by atoms with E-state index in [1.165, 1.54) is 17.5 Å². The molecule has 156 valence electrons. The van der Waals surface area contributed by atoms with E-state index in [1.807, 2.05) is 18.2 Å². The van der Waals surface area contributed by atoms with Gasteiger partial charge in [-0.25, -0.2) is 0 Å². The summed E-state index contributed by atoms with van der Waals surface area (Å²) in [7, 11) is 0. The lowest BCUT2D eigenvalue weighted by atomic mass is 9.72. The summed E-state index contributed by atoms with van der Waals surface area (Å²) < 4.78 is 5.96. The van der Waals surface area contributed by atoms with Gasteiger partial charge in [-0.1, -0.05) is 61.7 Å². The number of hydrogen-bond donors (Lipinski definition) is 2. The number of nitrogens with zero attached hydrogens (tertiary/aromatic N) is 1. The first-order valence-corrected chi connectivity index (χ1v) is 11.2. The molecule has 0 radical (unpaired) electrons. The van der Waals surface area contributed by atoms with E-state index >= 15 is 0 Å². The molecule has 1 saturated carbocycles. The molecule has 1 unspecified atom stereocenters. The Morgan fingerprint density at radius 2 is 1.76 bits per heavy atom. The standard InChI is InChI=1S/C25H34N2O2/c26-22-13-16-27(17-22)18-24(25(28)14-5-2-6-15-25)21-9-11-23(12-10-21)29-19-20-7-3-1-4-8-20/h1,3-4,7-12,22,24,28H,2,5-6,13-19,26H2/p+1/t22-,24?/m0/s1. The van der Waals surface area contributed by atoms with Gasteiger partial charge < -0.3 is 15.6 Å². The van der Waals surface area contributed by atoms with Crippen LogP contribution < -0.4 is 10.5 Å². The van der Waals surface area contributed by atoms with E-state index in [0.717, 1.165) is 57.5 Å². The molecule has 1 saturated heterocycles. The van der Waals surface area contributed by atoms with Gasteiger partial charge in [0.1, 0.15) is 12.4 Å². The van der Waals surface area contributed by atoms with Crippen molar-refractivity contribution in [2.45, 2.75) is 62.7 Å². The van der Waals surface area contributed by atoms with Crippen molar-refractivity contribution in [3.63, 3.8) is 0 Å². The summed E-state index contributed by atoms with van der Waals surface area (Å²) in [6.07, 6.45) is 6.48. The summed E-state index contributed by atoms with van der Waals surface area (Å²) in [4.78, 5) is 2.49. The summed E-state index contributed by atoms with van der Waals surface area (Å²) in [5.41, 5.74) is 6.04. The summed E-state index contributed by atoms with van der Waals surface area (Å²) >= 11 is 0. The molecule has 0 spiro atoms. The smallest absolute Gasteiger partial charge is 0.119 e. The normalized spacial score (nSPS) is 23.0. The molecule has 2 fully saturated rings. The van der Waals surface area contributed by atoms with Crippen LogP contribution in [0.15, 0.2) is 54.6 Å². The quantitative estimate of drug-likeness (QED) is 0.756. The van der Waals surface area contributed by atoms with Crippen molar-refractivity contribution < 1.29 is 15.6 Å². The van der Waals surface area contributed by atoms with Crippen LogP contribution in [-0.4, -0.2) is 41.3 Å². The fourth-order valence-corrected chi connectivity index (χ4v) is 4.97. The first kappa shape index (κ1) is 20.4. The highest BCUT2D eigenvalue weighted by molar-refractivity contribution is 5.32. The maximum atomic E-state index is 11.6. The van der Waals surface area contributed by atoms with Gasteiger partial charge in [-0.15, -0.1) is 0 Å². The molecule has 4 rings (SSSR count). The topological polar surface area (TPSA) is 60.3 Å². The molecule has 2 aromatic carbocycles. The van der Waals surface area contributed by atoms with Crippen molar-refractivity contribution in [3.05, 3.63) is 65.7 Å². The highest BCUT2D eigenvalue weighted by atomic mass is 16.5. The molecule has 0 aromatic heterocycles. The molecule has 0 bridgehead atoms. The van der Waals surface area contributed by atoms with E-state index in [4.69, 9.17) is 4.74 Å². The molecule has 2 atom stereocenters. The van der Waals surface area contributed by atoms with Crippen molar-refractivity contribution in [1.82, 2.24) is 4.90 Å². The summed E-state index contributed by atoms with van der Waals surface area (Å²) in [6.45, 7) is 3.64. The van der Waals surface area contributed by atoms with Crippen LogP contribution >= 0.6 is 0 Å². The van der Waals surface area contributed by atoms with Gasteiger partial charge >= 0.3 is 0 Å². The molecule has 2 aliphatic rings. The van der Waals surface area contributed by atoms with Gasteiger partial charge in [-0.2, -0.15) is 0 Å². The van der Waals surface area contributed by atoms with E-state index < -0.39 is 5.60 Å². The van der Waals surface area contributed by atoms with Crippen LogP contribution in [0.1, 0.15) is 55.6 Å². The van der Waals surface area contributed by atoms with E-state index in [9.17, 15) is 5.11 Å². The van der Waals surface area contributed by atoms with Crippen LogP contribution in [0.25, 0.3) is 0 Å². The molecule has 1 heterocycles. The lowest BCUT2D eigenvalue weighted by Crippen LogP contribution is -2.62. The first-order valence-electron chi connectivity index (χ1n) is 11.2. The third-order valence-corrected chi connectivity index (χ3v) is 6.71. The average Bonchev–Trinajstić information content (AvgIpc) is 3.17. The van der Waals surface area contributed by atoms with Crippen molar-refractivity contribution in [1.29, 1.82) is 0 Å². The monoisotopic (exact) mass is 395 g/mol. The minimum Gasteiger partial charge on any atom is -0.489 e. The predicted molar refractivity (Wildman–Crippen MR) is 116 cm³/mol. The molecular weight excluding hydrogens is 360 g/mol. The lowest BCUT2D eigenvalue weighted by Gasteiger charge is -2.41. The number of benzene rings is 2. The van der Waals surface area contributed by atoms with Gasteiger partial charge in [-0.05, 0) is 36.1 Å². The van der Waals surface area contributed by atoms with Gasteiger partial charge in [0.15, 0.2) is 0 Å². The van der Waals surface area contributed by atoms with Gasteiger partial charge in [-0.3, -0.25) is 4.90 Å². The Labute approximate surface area is 174 Å². The van der Waals surface area contributed by atoms with E-state index in [2.05, 4.69) is 47.0 Å². The Bertz CT molecular complexity index is 756. The number of aliphatic hydroxyl groups is 1. The molecular formula is C25H35N2O2+. The van der Waals surface area contributed by atoms with E-state index in [0.29, 0.717) is 12.6 Å². The van der Waals surface area contributed by atoms with Crippen LogP contribution in [0, 0.1) is 0 Å². The molecule has 2 aromatic rings. The molecule has 29 heavy (non-hydrogen) atoms. The zero-order valence-corrected chi connectivity index (χ0v) is 17.4. The van der Waals surface area contributed by atoms with Gasteiger partial charge in [0.2, 0.25) is 0 Å². The van der Waals surface area contributed by atoms with Crippen molar-refractivity contribution >= 4 is 0 Å².